The van der Waals surface area contributed by atoms with E-state index < -0.39 is 0 Å². The molecule has 0 fully saturated rings. The van der Waals surface area contributed by atoms with Crippen molar-refractivity contribution in [2.45, 2.75) is 19.3 Å². The van der Waals surface area contributed by atoms with E-state index in [2.05, 4.69) is 27.0 Å². The van der Waals surface area contributed by atoms with Crippen molar-refractivity contribution in [3.63, 3.8) is 0 Å². The highest BCUT2D eigenvalue weighted by Crippen LogP contribution is 2.28. The maximum atomic E-state index is 13.1. The molecule has 0 bridgehead atoms. The number of rotatable bonds is 2. The van der Waals surface area contributed by atoms with Gasteiger partial charge in [-0.1, -0.05) is 6.07 Å². The Kier molecular flexibility index (Phi) is 3.04. The van der Waals surface area contributed by atoms with E-state index in [1.54, 1.807) is 12.1 Å². The molecule has 1 aromatic carbocycles. The van der Waals surface area contributed by atoms with E-state index in [0.717, 1.165) is 25.0 Å². The fraction of sp³-hybridized carbons (Fsp3) is 0.214. The highest BCUT2D eigenvalue weighted by molar-refractivity contribution is 9.10. The number of aryl methyl sites for hydroxylation is 2. The minimum Gasteiger partial charge on any atom is -0.439 e. The van der Waals surface area contributed by atoms with Crippen LogP contribution in [-0.2, 0) is 12.8 Å². The van der Waals surface area contributed by atoms with E-state index in [0.29, 0.717) is 16.1 Å². The average Bonchev–Trinajstić information content (AvgIpc) is 2.81. The minimum atomic E-state index is -0.302. The third-order valence-electron chi connectivity index (χ3n) is 3.02. The molecule has 1 aromatic heterocycles. The molecule has 1 heterocycles. The van der Waals surface area contributed by atoms with Gasteiger partial charge in [-0.2, -0.15) is 0 Å². The molecular weight excluding hydrogens is 297 g/mol. The largest absolute Gasteiger partial charge is 0.439 e. The molecule has 3 rings (SSSR count). The minimum absolute atomic E-state index is 0.302. The molecule has 1 aliphatic carbocycles. The molecule has 0 radical (unpaired) electrons. The summed E-state index contributed by atoms with van der Waals surface area (Å²) in [6.07, 6.45) is 3.28. The number of fused-ring (bicyclic) bond motifs is 1. The fourth-order valence-corrected chi connectivity index (χ4v) is 2.48. The smallest absolute Gasteiger partial charge is 0.219 e. The number of nitrogens with zero attached hydrogens (tertiary/aromatic N) is 1. The van der Waals surface area contributed by atoms with Gasteiger partial charge in [-0.15, -0.1) is 0 Å². The maximum Gasteiger partial charge on any atom is 0.219 e. The number of halogens is 2. The van der Waals surface area contributed by atoms with Crippen molar-refractivity contribution in [2.24, 2.45) is 0 Å². The van der Waals surface area contributed by atoms with E-state index in [9.17, 15) is 4.39 Å². The van der Waals surface area contributed by atoms with Gasteiger partial charge in [-0.25, -0.2) is 9.37 Å². The van der Waals surface area contributed by atoms with E-state index in [-0.39, 0.29) is 5.82 Å². The molecule has 0 aliphatic heterocycles. The van der Waals surface area contributed by atoms with Crippen molar-refractivity contribution in [3.05, 3.63) is 51.9 Å². The van der Waals surface area contributed by atoms with Crippen LogP contribution in [0.2, 0.25) is 0 Å². The lowest BCUT2D eigenvalue weighted by Crippen LogP contribution is -1.93. The molecule has 0 amide bonds. The van der Waals surface area contributed by atoms with Crippen LogP contribution in [0.1, 0.15) is 17.7 Å². The van der Waals surface area contributed by atoms with Crippen molar-refractivity contribution < 1.29 is 9.13 Å². The van der Waals surface area contributed by atoms with Crippen LogP contribution in [0.5, 0.6) is 11.6 Å². The number of benzene rings is 1. The van der Waals surface area contributed by atoms with Crippen molar-refractivity contribution in [1.29, 1.82) is 0 Å². The Balaban J connectivity index is 1.85. The third-order valence-corrected chi connectivity index (χ3v) is 3.62. The molecule has 2 aromatic rings. The van der Waals surface area contributed by atoms with E-state index in [1.165, 1.54) is 11.6 Å². The summed E-state index contributed by atoms with van der Waals surface area (Å²) in [4.78, 5) is 4.47. The summed E-state index contributed by atoms with van der Waals surface area (Å²) >= 11 is 3.13. The summed E-state index contributed by atoms with van der Waals surface area (Å²) in [5.41, 5.74) is 2.43. The van der Waals surface area contributed by atoms with Crippen LogP contribution in [0.4, 0.5) is 4.39 Å². The zero-order valence-electron chi connectivity index (χ0n) is 9.62. The van der Waals surface area contributed by atoms with Crippen LogP contribution < -0.4 is 4.74 Å². The summed E-state index contributed by atoms with van der Waals surface area (Å²) in [6.45, 7) is 0. The van der Waals surface area contributed by atoms with Crippen LogP contribution >= 0.6 is 15.9 Å². The zero-order valence-corrected chi connectivity index (χ0v) is 11.2. The first-order valence-corrected chi connectivity index (χ1v) is 6.63. The number of pyridine rings is 1. The quantitative estimate of drug-likeness (QED) is 0.827. The van der Waals surface area contributed by atoms with E-state index in [1.807, 2.05) is 6.07 Å². The third kappa shape index (κ3) is 2.25. The van der Waals surface area contributed by atoms with E-state index >= 15 is 0 Å². The maximum absolute atomic E-state index is 13.1. The van der Waals surface area contributed by atoms with Crippen molar-refractivity contribution >= 4 is 15.9 Å². The van der Waals surface area contributed by atoms with Gasteiger partial charge in [-0.05, 0) is 59.0 Å². The highest BCUT2D eigenvalue weighted by Gasteiger charge is 2.13. The lowest BCUT2D eigenvalue weighted by atomic mass is 10.2. The van der Waals surface area contributed by atoms with Crippen LogP contribution in [0.3, 0.4) is 0 Å². The fourth-order valence-electron chi connectivity index (χ4n) is 2.12. The first kappa shape index (κ1) is 11.7. The molecule has 0 atom stereocenters. The van der Waals surface area contributed by atoms with Crippen LogP contribution in [0.25, 0.3) is 0 Å². The molecule has 0 spiro atoms. The van der Waals surface area contributed by atoms with E-state index in [4.69, 9.17) is 4.74 Å². The Morgan fingerprint density at radius 1 is 1.17 bits per heavy atom. The zero-order chi connectivity index (χ0) is 12.5. The molecule has 0 unspecified atom stereocenters. The molecule has 4 heteroatoms. The van der Waals surface area contributed by atoms with Gasteiger partial charge in [0.25, 0.3) is 0 Å². The SMILES string of the molecule is Fc1ccc(Oc2ccc3c(n2)CCC3)cc1Br. The van der Waals surface area contributed by atoms with Gasteiger partial charge >= 0.3 is 0 Å². The number of hydrogen-bond acceptors (Lipinski definition) is 2. The van der Waals surface area contributed by atoms with Gasteiger partial charge in [0.2, 0.25) is 5.88 Å². The molecular formula is C14H11BrFNO. The van der Waals surface area contributed by atoms with Gasteiger partial charge in [0.15, 0.2) is 0 Å². The normalized spacial score (nSPS) is 13.4. The predicted octanol–water partition coefficient (Wildman–Crippen LogP) is 4.26. The van der Waals surface area contributed by atoms with Gasteiger partial charge in [0, 0.05) is 11.8 Å². The highest BCUT2D eigenvalue weighted by atomic mass is 79.9. The second kappa shape index (κ2) is 4.69. The number of ether oxygens (including phenoxy) is 1. The summed E-state index contributed by atoms with van der Waals surface area (Å²) in [6, 6.07) is 8.48. The average molecular weight is 308 g/mol. The van der Waals surface area contributed by atoms with Crippen LogP contribution in [-0.4, -0.2) is 4.98 Å². The second-order valence-corrected chi connectivity index (χ2v) is 5.14. The first-order valence-electron chi connectivity index (χ1n) is 5.84. The van der Waals surface area contributed by atoms with Crippen molar-refractivity contribution in [1.82, 2.24) is 4.98 Å². The summed E-state index contributed by atoms with van der Waals surface area (Å²) in [5, 5.41) is 0. The predicted molar refractivity (Wildman–Crippen MR) is 70.4 cm³/mol. The topological polar surface area (TPSA) is 22.1 Å². The van der Waals surface area contributed by atoms with Gasteiger partial charge in [-0.3, -0.25) is 0 Å². The Bertz CT molecular complexity index is 600. The van der Waals surface area contributed by atoms with Gasteiger partial charge < -0.3 is 4.74 Å². The Hall–Kier alpha value is -1.42. The van der Waals surface area contributed by atoms with Crippen molar-refractivity contribution in [3.8, 4) is 11.6 Å². The molecule has 1 aliphatic rings. The Morgan fingerprint density at radius 3 is 2.89 bits per heavy atom. The molecule has 2 nitrogen and oxygen atoms in total. The summed E-state index contributed by atoms with van der Waals surface area (Å²) in [7, 11) is 0. The van der Waals surface area contributed by atoms with Crippen LogP contribution in [0.15, 0.2) is 34.8 Å². The molecule has 92 valence electrons. The lowest BCUT2D eigenvalue weighted by molar-refractivity contribution is 0.459. The Labute approximate surface area is 113 Å². The monoisotopic (exact) mass is 307 g/mol. The van der Waals surface area contributed by atoms with Crippen LogP contribution in [0, 0.1) is 5.82 Å². The summed E-state index contributed by atoms with van der Waals surface area (Å²) in [5.74, 6) is 0.840. The molecule has 0 saturated carbocycles. The molecule has 18 heavy (non-hydrogen) atoms. The lowest BCUT2D eigenvalue weighted by Gasteiger charge is -2.07. The Morgan fingerprint density at radius 2 is 2.06 bits per heavy atom. The number of aromatic nitrogens is 1. The second-order valence-electron chi connectivity index (χ2n) is 4.29. The van der Waals surface area contributed by atoms with Crippen molar-refractivity contribution in [2.75, 3.05) is 0 Å². The summed E-state index contributed by atoms with van der Waals surface area (Å²) < 4.78 is 19.1. The first-order chi connectivity index (χ1) is 8.72. The standard InChI is InChI=1S/C14H11BrFNO/c15-11-8-10(5-6-12(11)16)18-14-7-4-9-2-1-3-13(9)17-14/h4-8H,1-3H2. The van der Waals surface area contributed by atoms with Gasteiger partial charge in [0.1, 0.15) is 11.6 Å². The van der Waals surface area contributed by atoms with Gasteiger partial charge in [0.05, 0.1) is 4.47 Å². The molecule has 0 saturated heterocycles. The number of hydrogen-bond donors (Lipinski definition) is 0. The molecule has 0 N–H and O–H groups in total.